The molecule has 8 nitrogen and oxygen atoms in total. The number of non-ortho nitro benzene ring substituents is 1. The van der Waals surface area contributed by atoms with Crippen molar-refractivity contribution in [1.82, 2.24) is 0 Å². The number of aldehydes is 1. The molecule has 24 heavy (non-hydrogen) atoms. The summed E-state index contributed by atoms with van der Waals surface area (Å²) < 4.78 is 9.54. The van der Waals surface area contributed by atoms with Gasteiger partial charge >= 0.3 is 11.9 Å². The number of hydrogen-bond donors (Lipinski definition) is 0. The fourth-order valence-corrected chi connectivity index (χ4v) is 3.03. The van der Waals surface area contributed by atoms with Crippen LogP contribution in [0.15, 0.2) is 35.9 Å². The summed E-state index contributed by atoms with van der Waals surface area (Å²) >= 11 is 0. The molecule has 8 heteroatoms. The van der Waals surface area contributed by atoms with Gasteiger partial charge in [-0.1, -0.05) is 18.2 Å². The van der Waals surface area contributed by atoms with E-state index in [-0.39, 0.29) is 17.7 Å². The zero-order valence-electron chi connectivity index (χ0n) is 13.1. The smallest absolute Gasteiger partial charge is 0.324 e. The van der Waals surface area contributed by atoms with Crippen molar-refractivity contribution in [3.8, 4) is 0 Å². The lowest BCUT2D eigenvalue weighted by atomic mass is 9.71. The van der Waals surface area contributed by atoms with E-state index in [0.717, 1.165) is 14.2 Å². The van der Waals surface area contributed by atoms with Gasteiger partial charge in [0.05, 0.1) is 19.1 Å². The Morgan fingerprint density at radius 1 is 1.21 bits per heavy atom. The van der Waals surface area contributed by atoms with Gasteiger partial charge in [0.1, 0.15) is 6.29 Å². The van der Waals surface area contributed by atoms with Gasteiger partial charge in [0.25, 0.3) is 5.69 Å². The number of nitro benzene ring substituents is 1. The number of nitro groups is 1. The van der Waals surface area contributed by atoms with E-state index in [9.17, 15) is 24.5 Å². The monoisotopic (exact) mass is 333 g/mol. The van der Waals surface area contributed by atoms with E-state index < -0.39 is 28.2 Å². The molecule has 0 spiro atoms. The third-order valence-electron chi connectivity index (χ3n) is 4.16. The number of carbonyl (C=O) groups excluding carboxylic acids is 3. The fourth-order valence-electron chi connectivity index (χ4n) is 3.03. The summed E-state index contributed by atoms with van der Waals surface area (Å²) in [6, 6.07) is 5.31. The maximum absolute atomic E-state index is 12.4. The molecular formula is C16H15NO7. The highest BCUT2D eigenvalue weighted by Crippen LogP contribution is 2.50. The van der Waals surface area contributed by atoms with Crippen molar-refractivity contribution in [3.05, 3.63) is 51.6 Å². The Labute approximate surface area is 137 Å². The first-order valence-electron chi connectivity index (χ1n) is 6.98. The van der Waals surface area contributed by atoms with Gasteiger partial charge in [0.2, 0.25) is 0 Å². The molecule has 0 amide bonds. The number of carbonyl (C=O) groups is 3. The highest BCUT2D eigenvalue weighted by molar-refractivity contribution is 6.04. The first-order chi connectivity index (χ1) is 11.4. The van der Waals surface area contributed by atoms with Gasteiger partial charge in [-0.2, -0.15) is 0 Å². The van der Waals surface area contributed by atoms with Crippen molar-refractivity contribution in [1.29, 1.82) is 0 Å². The number of allylic oxidation sites excluding steroid dienone is 2. The molecular weight excluding hydrogens is 318 g/mol. The van der Waals surface area contributed by atoms with Crippen molar-refractivity contribution >= 4 is 23.9 Å². The highest BCUT2D eigenvalue weighted by Gasteiger charge is 2.58. The van der Waals surface area contributed by atoms with E-state index in [1.165, 1.54) is 30.3 Å². The largest absolute Gasteiger partial charge is 0.468 e. The lowest BCUT2D eigenvalue weighted by molar-refractivity contribution is -0.384. The lowest BCUT2D eigenvalue weighted by Gasteiger charge is -2.31. The molecule has 1 aromatic carbocycles. The Balaban J connectivity index is 2.60. The van der Waals surface area contributed by atoms with Crippen LogP contribution in [0.25, 0.3) is 0 Å². The highest BCUT2D eigenvalue weighted by atomic mass is 16.6. The van der Waals surface area contributed by atoms with Gasteiger partial charge in [-0.25, -0.2) is 0 Å². The second-order valence-electron chi connectivity index (χ2n) is 5.26. The van der Waals surface area contributed by atoms with Crippen LogP contribution in [-0.4, -0.2) is 37.4 Å². The molecule has 0 N–H and O–H groups in total. The minimum Gasteiger partial charge on any atom is -0.468 e. The zero-order chi connectivity index (χ0) is 17.9. The Bertz CT molecular complexity index is 704. The SMILES string of the molecule is COC(=O)C1(C(=O)OC)CC=C(C=O)[C@H]1c1ccc([N+](=O)[O-])cc1. The van der Waals surface area contributed by atoms with E-state index in [0.29, 0.717) is 11.8 Å². The van der Waals surface area contributed by atoms with Gasteiger partial charge in [-0.3, -0.25) is 24.5 Å². The maximum atomic E-state index is 12.4. The number of nitrogens with zero attached hydrogens (tertiary/aromatic N) is 1. The Hall–Kier alpha value is -3.03. The normalized spacial score (nSPS) is 18.4. The van der Waals surface area contributed by atoms with E-state index in [4.69, 9.17) is 9.47 Å². The Kier molecular flexibility index (Phi) is 4.77. The molecule has 0 aromatic heterocycles. The van der Waals surface area contributed by atoms with Gasteiger partial charge in [0.15, 0.2) is 5.41 Å². The summed E-state index contributed by atoms with van der Waals surface area (Å²) in [7, 11) is 2.28. The average molecular weight is 333 g/mol. The quantitative estimate of drug-likeness (QED) is 0.264. The molecule has 0 saturated carbocycles. The number of esters is 2. The van der Waals surface area contributed by atoms with Gasteiger partial charge in [-0.05, 0) is 17.6 Å². The summed E-state index contributed by atoms with van der Waals surface area (Å²) in [4.78, 5) is 46.4. The third kappa shape index (κ3) is 2.55. The first-order valence-corrected chi connectivity index (χ1v) is 6.98. The molecule has 0 heterocycles. The predicted molar refractivity (Wildman–Crippen MR) is 81.1 cm³/mol. The number of benzene rings is 1. The van der Waals surface area contributed by atoms with Crippen molar-refractivity contribution in [3.63, 3.8) is 0 Å². The summed E-state index contributed by atoms with van der Waals surface area (Å²) in [6.45, 7) is 0. The summed E-state index contributed by atoms with van der Waals surface area (Å²) in [5, 5.41) is 10.8. The van der Waals surface area contributed by atoms with Gasteiger partial charge < -0.3 is 9.47 Å². The molecule has 0 saturated heterocycles. The van der Waals surface area contributed by atoms with Crippen LogP contribution < -0.4 is 0 Å². The summed E-state index contributed by atoms with van der Waals surface area (Å²) in [6.07, 6.45) is 1.98. The Morgan fingerprint density at radius 2 is 1.75 bits per heavy atom. The number of methoxy groups -OCH3 is 2. The second kappa shape index (κ2) is 6.61. The Morgan fingerprint density at radius 3 is 2.17 bits per heavy atom. The predicted octanol–water partition coefficient (Wildman–Crippen LogP) is 1.54. The van der Waals surface area contributed by atoms with E-state index in [2.05, 4.69) is 0 Å². The van der Waals surface area contributed by atoms with Gasteiger partial charge in [-0.15, -0.1) is 0 Å². The first kappa shape index (κ1) is 17.3. The van der Waals surface area contributed by atoms with Crippen LogP contribution in [-0.2, 0) is 23.9 Å². The van der Waals surface area contributed by atoms with E-state index in [1.54, 1.807) is 0 Å². The van der Waals surface area contributed by atoms with Gasteiger partial charge in [0, 0.05) is 18.1 Å². The van der Waals surface area contributed by atoms with Crippen molar-refractivity contribution in [2.75, 3.05) is 14.2 Å². The zero-order valence-corrected chi connectivity index (χ0v) is 13.1. The topological polar surface area (TPSA) is 113 Å². The van der Waals surface area contributed by atoms with Crippen molar-refractivity contribution in [2.24, 2.45) is 5.41 Å². The van der Waals surface area contributed by atoms with Crippen LogP contribution in [0.5, 0.6) is 0 Å². The molecule has 0 radical (unpaired) electrons. The maximum Gasteiger partial charge on any atom is 0.324 e. The molecule has 1 atom stereocenters. The molecule has 2 rings (SSSR count). The molecule has 126 valence electrons. The van der Waals surface area contributed by atoms with Crippen LogP contribution in [0.4, 0.5) is 5.69 Å². The summed E-state index contributed by atoms with van der Waals surface area (Å²) in [5.74, 6) is -2.59. The van der Waals surface area contributed by atoms with Crippen molar-refractivity contribution < 1.29 is 28.8 Å². The average Bonchev–Trinajstić information content (AvgIpc) is 3.00. The van der Waals surface area contributed by atoms with Crippen LogP contribution in [0.1, 0.15) is 17.9 Å². The number of ether oxygens (including phenoxy) is 2. The lowest BCUT2D eigenvalue weighted by Crippen LogP contribution is -2.44. The molecule has 0 aliphatic heterocycles. The van der Waals surface area contributed by atoms with Crippen molar-refractivity contribution in [2.45, 2.75) is 12.3 Å². The van der Waals surface area contributed by atoms with Crippen LogP contribution in [0.2, 0.25) is 0 Å². The molecule has 1 aliphatic rings. The van der Waals surface area contributed by atoms with Crippen LogP contribution >= 0.6 is 0 Å². The molecule has 0 unspecified atom stereocenters. The summed E-state index contributed by atoms with van der Waals surface area (Å²) in [5.41, 5.74) is -1.24. The van der Waals surface area contributed by atoms with E-state index >= 15 is 0 Å². The molecule has 0 fully saturated rings. The number of hydrogen-bond acceptors (Lipinski definition) is 7. The van der Waals surface area contributed by atoms with E-state index in [1.807, 2.05) is 0 Å². The number of rotatable bonds is 5. The fraction of sp³-hybridized carbons (Fsp3) is 0.312. The molecule has 1 aromatic rings. The second-order valence-corrected chi connectivity index (χ2v) is 5.26. The van der Waals surface area contributed by atoms with Crippen LogP contribution in [0, 0.1) is 15.5 Å². The van der Waals surface area contributed by atoms with Crippen LogP contribution in [0.3, 0.4) is 0 Å². The third-order valence-corrected chi connectivity index (χ3v) is 4.16. The minimum absolute atomic E-state index is 0.0535. The molecule has 0 bridgehead atoms. The minimum atomic E-state index is -1.73. The standard InChI is InChI=1S/C16H15NO7/c1-23-14(19)16(15(20)24-2)8-7-11(9-18)13(16)10-3-5-12(6-4-10)17(21)22/h3-7,9,13H,8H2,1-2H3/t13-/m1/s1. The molecule has 1 aliphatic carbocycles.